The second-order valence-electron chi connectivity index (χ2n) is 5.76. The van der Waals surface area contributed by atoms with E-state index >= 15 is 0 Å². The molecular formula is C16H22F3N. The topological polar surface area (TPSA) is 12.0 Å². The minimum Gasteiger partial charge on any atom is -0.314 e. The molecule has 2 rings (SSSR count). The molecule has 3 atom stereocenters. The zero-order valence-corrected chi connectivity index (χ0v) is 12.0. The van der Waals surface area contributed by atoms with Gasteiger partial charge in [-0.1, -0.05) is 32.0 Å². The Labute approximate surface area is 118 Å². The van der Waals surface area contributed by atoms with Crippen LogP contribution in [0.5, 0.6) is 0 Å². The fraction of sp³-hybridized carbons (Fsp3) is 0.625. The van der Waals surface area contributed by atoms with Crippen molar-refractivity contribution in [2.24, 2.45) is 11.8 Å². The van der Waals surface area contributed by atoms with Gasteiger partial charge in [0, 0.05) is 6.04 Å². The average molecular weight is 285 g/mol. The lowest BCUT2D eigenvalue weighted by Gasteiger charge is -2.21. The summed E-state index contributed by atoms with van der Waals surface area (Å²) in [6.07, 6.45) is -1.29. The first kappa shape index (κ1) is 15.4. The molecule has 1 aliphatic carbocycles. The Morgan fingerprint density at radius 2 is 2.00 bits per heavy atom. The normalized spacial score (nSPS) is 26.9. The molecule has 1 aromatic carbocycles. The fourth-order valence-corrected chi connectivity index (χ4v) is 3.26. The van der Waals surface area contributed by atoms with Crippen LogP contribution in [0.15, 0.2) is 24.3 Å². The maximum absolute atomic E-state index is 12.7. The van der Waals surface area contributed by atoms with Crippen LogP contribution in [0, 0.1) is 11.8 Å². The van der Waals surface area contributed by atoms with Crippen LogP contribution >= 0.6 is 0 Å². The molecule has 0 radical (unpaired) electrons. The average Bonchev–Trinajstić information content (AvgIpc) is 2.72. The lowest BCUT2D eigenvalue weighted by molar-refractivity contribution is -0.137. The number of rotatable bonds is 4. The third kappa shape index (κ3) is 3.54. The van der Waals surface area contributed by atoms with E-state index in [9.17, 15) is 13.2 Å². The van der Waals surface area contributed by atoms with E-state index in [4.69, 9.17) is 0 Å². The van der Waals surface area contributed by atoms with E-state index in [1.54, 1.807) is 0 Å². The molecule has 0 amide bonds. The molecule has 1 fully saturated rings. The highest BCUT2D eigenvalue weighted by molar-refractivity contribution is 5.26. The van der Waals surface area contributed by atoms with Crippen molar-refractivity contribution >= 4 is 0 Å². The van der Waals surface area contributed by atoms with Gasteiger partial charge in [-0.25, -0.2) is 0 Å². The molecule has 4 heteroatoms. The van der Waals surface area contributed by atoms with Crippen LogP contribution in [-0.2, 0) is 12.6 Å². The summed E-state index contributed by atoms with van der Waals surface area (Å²) in [5, 5.41) is 3.47. The van der Waals surface area contributed by atoms with Crippen molar-refractivity contribution in [1.29, 1.82) is 0 Å². The maximum atomic E-state index is 12.7. The zero-order valence-electron chi connectivity index (χ0n) is 12.0. The molecular weight excluding hydrogens is 263 g/mol. The Balaban J connectivity index is 2.04. The van der Waals surface area contributed by atoms with Crippen molar-refractivity contribution in [2.45, 2.75) is 45.3 Å². The van der Waals surface area contributed by atoms with Gasteiger partial charge in [0.25, 0.3) is 0 Å². The summed E-state index contributed by atoms with van der Waals surface area (Å²) in [4.78, 5) is 0. The predicted octanol–water partition coefficient (Wildman–Crippen LogP) is 4.27. The lowest BCUT2D eigenvalue weighted by atomic mass is 9.89. The SMILES string of the molecule is CCNC1CCC(Cc2cccc(C(F)(F)F)c2)C1C. The largest absolute Gasteiger partial charge is 0.416 e. The van der Waals surface area contributed by atoms with Crippen molar-refractivity contribution < 1.29 is 13.2 Å². The molecule has 0 spiro atoms. The van der Waals surface area contributed by atoms with Crippen LogP contribution in [0.3, 0.4) is 0 Å². The Bertz CT molecular complexity index is 442. The summed E-state index contributed by atoms with van der Waals surface area (Å²) in [5.41, 5.74) is 0.262. The molecule has 3 unspecified atom stereocenters. The Hall–Kier alpha value is -1.03. The van der Waals surface area contributed by atoms with Crippen molar-refractivity contribution in [3.05, 3.63) is 35.4 Å². The first-order valence-electron chi connectivity index (χ1n) is 7.31. The van der Waals surface area contributed by atoms with Gasteiger partial charge in [0.1, 0.15) is 0 Å². The minimum absolute atomic E-state index is 0.475. The molecule has 1 saturated carbocycles. The van der Waals surface area contributed by atoms with E-state index in [1.165, 1.54) is 12.1 Å². The molecule has 1 aromatic rings. The van der Waals surface area contributed by atoms with E-state index < -0.39 is 11.7 Å². The smallest absolute Gasteiger partial charge is 0.314 e. The highest BCUT2D eigenvalue weighted by atomic mass is 19.4. The monoisotopic (exact) mass is 285 g/mol. The minimum atomic E-state index is -4.25. The summed E-state index contributed by atoms with van der Waals surface area (Å²) >= 11 is 0. The molecule has 0 saturated heterocycles. The fourth-order valence-electron chi connectivity index (χ4n) is 3.26. The van der Waals surface area contributed by atoms with E-state index in [-0.39, 0.29) is 0 Å². The molecule has 20 heavy (non-hydrogen) atoms. The predicted molar refractivity (Wildman–Crippen MR) is 74.5 cm³/mol. The van der Waals surface area contributed by atoms with Gasteiger partial charge in [0.15, 0.2) is 0 Å². The van der Waals surface area contributed by atoms with Crippen LogP contribution in [0.1, 0.15) is 37.8 Å². The number of hydrogen-bond donors (Lipinski definition) is 1. The van der Waals surface area contributed by atoms with Crippen LogP contribution in [-0.4, -0.2) is 12.6 Å². The van der Waals surface area contributed by atoms with E-state index in [1.807, 2.05) is 6.07 Å². The standard InChI is InChI=1S/C16H22F3N/c1-3-20-15-8-7-13(11(15)2)9-12-5-4-6-14(10-12)16(17,18)19/h4-6,10-11,13,15,20H,3,7-9H2,1-2H3. The van der Waals surface area contributed by atoms with Crippen LogP contribution in [0.2, 0.25) is 0 Å². The van der Waals surface area contributed by atoms with Gasteiger partial charge < -0.3 is 5.32 Å². The number of alkyl halides is 3. The van der Waals surface area contributed by atoms with Gasteiger partial charge in [-0.05, 0) is 49.3 Å². The summed E-state index contributed by atoms with van der Waals surface area (Å²) in [7, 11) is 0. The zero-order chi connectivity index (χ0) is 14.8. The Kier molecular flexibility index (Phi) is 4.74. The summed E-state index contributed by atoms with van der Waals surface area (Å²) in [6, 6.07) is 6.27. The molecule has 0 heterocycles. The molecule has 112 valence electrons. The Morgan fingerprint density at radius 1 is 1.25 bits per heavy atom. The number of hydrogen-bond acceptors (Lipinski definition) is 1. The maximum Gasteiger partial charge on any atom is 0.416 e. The highest BCUT2D eigenvalue weighted by Gasteiger charge is 2.33. The number of halogens is 3. The van der Waals surface area contributed by atoms with Gasteiger partial charge in [0.05, 0.1) is 5.56 Å². The first-order chi connectivity index (χ1) is 9.41. The van der Waals surface area contributed by atoms with Crippen molar-refractivity contribution in [3.63, 3.8) is 0 Å². The molecule has 1 nitrogen and oxygen atoms in total. The van der Waals surface area contributed by atoms with Gasteiger partial charge in [0.2, 0.25) is 0 Å². The summed E-state index contributed by atoms with van der Waals surface area (Å²) in [6.45, 7) is 5.25. The van der Waals surface area contributed by atoms with Crippen molar-refractivity contribution in [3.8, 4) is 0 Å². The number of benzene rings is 1. The first-order valence-corrected chi connectivity index (χ1v) is 7.31. The van der Waals surface area contributed by atoms with Gasteiger partial charge >= 0.3 is 6.18 Å². The second kappa shape index (κ2) is 6.17. The van der Waals surface area contributed by atoms with E-state index in [0.29, 0.717) is 17.9 Å². The van der Waals surface area contributed by atoms with Gasteiger partial charge in [-0.3, -0.25) is 0 Å². The van der Waals surface area contributed by atoms with E-state index in [0.717, 1.165) is 37.4 Å². The Morgan fingerprint density at radius 3 is 2.65 bits per heavy atom. The highest BCUT2D eigenvalue weighted by Crippen LogP contribution is 2.35. The van der Waals surface area contributed by atoms with E-state index in [2.05, 4.69) is 19.2 Å². The van der Waals surface area contributed by atoms with Crippen molar-refractivity contribution in [2.75, 3.05) is 6.54 Å². The molecule has 1 aliphatic rings. The number of nitrogens with one attached hydrogen (secondary N) is 1. The van der Waals surface area contributed by atoms with Crippen LogP contribution in [0.4, 0.5) is 13.2 Å². The van der Waals surface area contributed by atoms with Crippen LogP contribution < -0.4 is 5.32 Å². The summed E-state index contributed by atoms with van der Waals surface area (Å²) in [5.74, 6) is 0.993. The van der Waals surface area contributed by atoms with Gasteiger partial charge in [-0.15, -0.1) is 0 Å². The lowest BCUT2D eigenvalue weighted by Crippen LogP contribution is -2.32. The third-order valence-electron chi connectivity index (χ3n) is 4.45. The molecule has 0 aromatic heterocycles. The molecule has 0 aliphatic heterocycles. The van der Waals surface area contributed by atoms with Gasteiger partial charge in [-0.2, -0.15) is 13.2 Å². The quantitative estimate of drug-likeness (QED) is 0.871. The molecule has 0 bridgehead atoms. The summed E-state index contributed by atoms with van der Waals surface area (Å²) < 4.78 is 38.1. The van der Waals surface area contributed by atoms with Crippen molar-refractivity contribution in [1.82, 2.24) is 5.32 Å². The third-order valence-corrected chi connectivity index (χ3v) is 4.45. The molecule has 1 N–H and O–H groups in total. The van der Waals surface area contributed by atoms with Crippen LogP contribution in [0.25, 0.3) is 0 Å². The second-order valence-corrected chi connectivity index (χ2v) is 5.76.